The summed E-state index contributed by atoms with van der Waals surface area (Å²) >= 11 is 5.76. The summed E-state index contributed by atoms with van der Waals surface area (Å²) < 4.78 is 0. The monoisotopic (exact) mass is 293 g/mol. The lowest BCUT2D eigenvalue weighted by atomic mass is 10.2. The molecule has 0 saturated carbocycles. The molecule has 6 nitrogen and oxygen atoms in total. The van der Waals surface area contributed by atoms with Crippen LogP contribution in [0.25, 0.3) is 0 Å². The predicted octanol–water partition coefficient (Wildman–Crippen LogP) is 3.36. The number of aromatic amines is 1. The number of rotatable bonds is 4. The summed E-state index contributed by atoms with van der Waals surface area (Å²) in [5, 5.41) is 12.6. The minimum atomic E-state index is -0.369. The maximum Gasteiger partial charge on any atom is 0.324 e. The van der Waals surface area contributed by atoms with Crippen LogP contribution in [-0.2, 0) is 6.42 Å². The van der Waals surface area contributed by atoms with Gasteiger partial charge < -0.3 is 5.32 Å². The summed E-state index contributed by atoms with van der Waals surface area (Å²) in [7, 11) is 0. The third kappa shape index (κ3) is 3.71. The van der Waals surface area contributed by atoms with E-state index in [1.165, 1.54) is 6.20 Å². The third-order valence-electron chi connectivity index (χ3n) is 2.72. The average molecular weight is 294 g/mol. The molecule has 0 radical (unpaired) electrons. The van der Waals surface area contributed by atoms with E-state index < -0.39 is 0 Å². The Kier molecular flexibility index (Phi) is 4.57. The van der Waals surface area contributed by atoms with E-state index in [1.807, 2.05) is 13.0 Å². The normalized spacial score (nSPS) is 10.3. The zero-order chi connectivity index (χ0) is 14.5. The SMILES string of the molecule is CCCc1cc(NC(=O)Nc2cnc(Cl)cc2C)n[nH]1. The van der Waals surface area contributed by atoms with Crippen molar-refractivity contribution >= 4 is 29.1 Å². The Morgan fingerprint density at radius 2 is 2.20 bits per heavy atom. The van der Waals surface area contributed by atoms with Crippen molar-refractivity contribution in [2.75, 3.05) is 10.6 Å². The molecule has 3 N–H and O–H groups in total. The molecule has 0 aliphatic heterocycles. The van der Waals surface area contributed by atoms with E-state index in [0.29, 0.717) is 16.7 Å². The topological polar surface area (TPSA) is 82.7 Å². The van der Waals surface area contributed by atoms with Crippen molar-refractivity contribution in [1.29, 1.82) is 0 Å². The highest BCUT2D eigenvalue weighted by Gasteiger charge is 2.08. The first-order valence-corrected chi connectivity index (χ1v) is 6.70. The van der Waals surface area contributed by atoms with E-state index in [2.05, 4.69) is 32.7 Å². The summed E-state index contributed by atoms with van der Waals surface area (Å²) in [5.74, 6) is 0.491. The lowest BCUT2D eigenvalue weighted by molar-refractivity contribution is 0.262. The number of hydrogen-bond acceptors (Lipinski definition) is 3. The van der Waals surface area contributed by atoms with Crippen LogP contribution in [0.4, 0.5) is 16.3 Å². The number of anilines is 2. The first-order valence-electron chi connectivity index (χ1n) is 6.33. The van der Waals surface area contributed by atoms with Gasteiger partial charge in [-0.3, -0.25) is 10.4 Å². The summed E-state index contributed by atoms with van der Waals surface area (Å²) in [4.78, 5) is 15.8. The van der Waals surface area contributed by atoms with Crippen LogP contribution in [-0.4, -0.2) is 21.2 Å². The Morgan fingerprint density at radius 3 is 2.90 bits per heavy atom. The molecule has 0 unspecified atom stereocenters. The zero-order valence-corrected chi connectivity index (χ0v) is 12.1. The second kappa shape index (κ2) is 6.38. The van der Waals surface area contributed by atoms with E-state index in [-0.39, 0.29) is 6.03 Å². The number of H-pyrrole nitrogens is 1. The fraction of sp³-hybridized carbons (Fsp3) is 0.308. The highest BCUT2D eigenvalue weighted by Crippen LogP contribution is 2.17. The minimum Gasteiger partial charge on any atom is -0.306 e. The number of carbonyl (C=O) groups excluding carboxylic acids is 1. The van der Waals surface area contributed by atoms with Gasteiger partial charge in [0.25, 0.3) is 0 Å². The van der Waals surface area contributed by atoms with Gasteiger partial charge in [-0.05, 0) is 25.0 Å². The largest absolute Gasteiger partial charge is 0.324 e. The Labute approximate surface area is 121 Å². The van der Waals surface area contributed by atoms with E-state index in [0.717, 1.165) is 24.1 Å². The van der Waals surface area contributed by atoms with E-state index >= 15 is 0 Å². The fourth-order valence-corrected chi connectivity index (χ4v) is 1.96. The number of carbonyl (C=O) groups is 1. The molecule has 0 atom stereocenters. The lowest BCUT2D eigenvalue weighted by Gasteiger charge is -2.07. The van der Waals surface area contributed by atoms with Gasteiger partial charge in [0.05, 0.1) is 11.9 Å². The third-order valence-corrected chi connectivity index (χ3v) is 2.92. The number of aryl methyl sites for hydroxylation is 2. The lowest BCUT2D eigenvalue weighted by Crippen LogP contribution is -2.20. The number of amides is 2. The predicted molar refractivity (Wildman–Crippen MR) is 79.2 cm³/mol. The van der Waals surface area contributed by atoms with Crippen LogP contribution in [0.2, 0.25) is 5.15 Å². The summed E-state index contributed by atoms with van der Waals surface area (Å²) in [6.07, 6.45) is 3.43. The van der Waals surface area contributed by atoms with Crippen LogP contribution in [0, 0.1) is 6.92 Å². The molecule has 2 aromatic rings. The van der Waals surface area contributed by atoms with Gasteiger partial charge in [0.2, 0.25) is 0 Å². The van der Waals surface area contributed by atoms with Crippen molar-refractivity contribution < 1.29 is 4.79 Å². The van der Waals surface area contributed by atoms with Crippen molar-refractivity contribution in [3.63, 3.8) is 0 Å². The standard InChI is InChI=1S/C13H16ClN5O/c1-3-4-9-6-12(19-18-9)17-13(20)16-10-7-15-11(14)5-8(10)2/h5-7H,3-4H2,1-2H3,(H3,16,17,18,19,20). The molecule has 0 spiro atoms. The van der Waals surface area contributed by atoms with E-state index in [9.17, 15) is 4.79 Å². The summed E-state index contributed by atoms with van der Waals surface area (Å²) in [6.45, 7) is 3.92. The molecule has 0 aliphatic carbocycles. The van der Waals surface area contributed by atoms with Crippen LogP contribution in [0.15, 0.2) is 18.3 Å². The highest BCUT2D eigenvalue weighted by atomic mass is 35.5. The van der Waals surface area contributed by atoms with Gasteiger partial charge >= 0.3 is 6.03 Å². The molecule has 2 aromatic heterocycles. The molecule has 0 saturated heterocycles. The van der Waals surface area contributed by atoms with E-state index in [4.69, 9.17) is 11.6 Å². The van der Waals surface area contributed by atoms with Gasteiger partial charge in [-0.1, -0.05) is 24.9 Å². The Balaban J connectivity index is 1.97. The van der Waals surface area contributed by atoms with Gasteiger partial charge in [-0.25, -0.2) is 9.78 Å². The molecule has 106 valence electrons. The van der Waals surface area contributed by atoms with Crippen molar-refractivity contribution in [3.8, 4) is 0 Å². The first-order chi connectivity index (χ1) is 9.58. The fourth-order valence-electron chi connectivity index (χ4n) is 1.75. The van der Waals surface area contributed by atoms with Crippen molar-refractivity contribution in [3.05, 3.63) is 34.7 Å². The quantitative estimate of drug-likeness (QED) is 0.756. The molecule has 20 heavy (non-hydrogen) atoms. The maximum atomic E-state index is 11.8. The molecular formula is C13H16ClN5O. The summed E-state index contributed by atoms with van der Waals surface area (Å²) in [6, 6.07) is 3.13. The Morgan fingerprint density at radius 1 is 1.40 bits per heavy atom. The molecular weight excluding hydrogens is 278 g/mol. The highest BCUT2D eigenvalue weighted by molar-refractivity contribution is 6.29. The molecule has 2 heterocycles. The van der Waals surface area contributed by atoms with Crippen LogP contribution in [0.1, 0.15) is 24.6 Å². The van der Waals surface area contributed by atoms with Crippen molar-refractivity contribution in [2.24, 2.45) is 0 Å². The number of pyridine rings is 1. The average Bonchev–Trinajstić information content (AvgIpc) is 2.81. The molecule has 0 aromatic carbocycles. The van der Waals surface area contributed by atoms with Gasteiger partial charge in [-0.15, -0.1) is 0 Å². The smallest absolute Gasteiger partial charge is 0.306 e. The van der Waals surface area contributed by atoms with Crippen LogP contribution in [0.3, 0.4) is 0 Å². The van der Waals surface area contributed by atoms with Crippen LogP contribution in [0.5, 0.6) is 0 Å². The molecule has 0 bridgehead atoms. The number of nitrogens with zero attached hydrogens (tertiary/aromatic N) is 2. The maximum absolute atomic E-state index is 11.8. The number of nitrogens with one attached hydrogen (secondary N) is 3. The van der Waals surface area contributed by atoms with E-state index in [1.54, 1.807) is 6.07 Å². The first kappa shape index (κ1) is 14.3. The van der Waals surface area contributed by atoms with Crippen molar-refractivity contribution in [1.82, 2.24) is 15.2 Å². The zero-order valence-electron chi connectivity index (χ0n) is 11.3. The number of aromatic nitrogens is 3. The molecule has 2 amide bonds. The molecule has 7 heteroatoms. The summed E-state index contributed by atoms with van der Waals surface area (Å²) in [5.41, 5.74) is 2.44. The Bertz CT molecular complexity index is 611. The second-order valence-electron chi connectivity index (χ2n) is 4.43. The van der Waals surface area contributed by atoms with Gasteiger partial charge in [0.15, 0.2) is 5.82 Å². The van der Waals surface area contributed by atoms with Crippen LogP contribution >= 0.6 is 11.6 Å². The van der Waals surface area contributed by atoms with Gasteiger partial charge in [0.1, 0.15) is 5.15 Å². The van der Waals surface area contributed by atoms with Gasteiger partial charge in [0, 0.05) is 11.8 Å². The molecule has 0 fully saturated rings. The Hall–Kier alpha value is -2.08. The molecule has 0 aliphatic rings. The number of halogens is 1. The minimum absolute atomic E-state index is 0.369. The second-order valence-corrected chi connectivity index (χ2v) is 4.82. The molecule has 2 rings (SSSR count). The number of urea groups is 1. The van der Waals surface area contributed by atoms with Crippen LogP contribution < -0.4 is 10.6 Å². The van der Waals surface area contributed by atoms with Gasteiger partial charge in [-0.2, -0.15) is 5.10 Å². The van der Waals surface area contributed by atoms with Crippen molar-refractivity contribution in [2.45, 2.75) is 26.7 Å². The number of hydrogen-bond donors (Lipinski definition) is 3.